The monoisotopic (exact) mass is 246 g/mol. The molecule has 1 fully saturated rings. The molecule has 2 nitrogen and oxygen atoms in total. The first-order valence-corrected chi connectivity index (χ1v) is 7.38. The molecule has 18 heavy (non-hydrogen) atoms. The van der Waals surface area contributed by atoms with Crippen LogP contribution in [-0.2, 0) is 12.8 Å². The third-order valence-corrected chi connectivity index (χ3v) is 4.41. The van der Waals surface area contributed by atoms with E-state index in [0.717, 1.165) is 24.5 Å². The summed E-state index contributed by atoms with van der Waals surface area (Å²) in [4.78, 5) is 4.52. The van der Waals surface area contributed by atoms with Crippen molar-refractivity contribution in [3.05, 3.63) is 29.6 Å². The molecule has 0 radical (unpaired) electrons. The third-order valence-electron chi connectivity index (χ3n) is 4.41. The van der Waals surface area contributed by atoms with E-state index in [0.29, 0.717) is 5.92 Å². The van der Waals surface area contributed by atoms with E-state index in [1.807, 2.05) is 6.20 Å². The molecule has 0 bridgehead atoms. The minimum absolute atomic E-state index is 0.289. The quantitative estimate of drug-likeness (QED) is 0.885. The highest BCUT2D eigenvalue weighted by Gasteiger charge is 2.23. The summed E-state index contributed by atoms with van der Waals surface area (Å²) in [7, 11) is 0. The van der Waals surface area contributed by atoms with Crippen molar-refractivity contribution >= 4 is 0 Å². The van der Waals surface area contributed by atoms with Crippen LogP contribution in [0.1, 0.15) is 50.8 Å². The van der Waals surface area contributed by atoms with Gasteiger partial charge in [0.2, 0.25) is 0 Å². The summed E-state index contributed by atoms with van der Waals surface area (Å²) in [6.07, 6.45) is 9.28. The number of nitrogens with two attached hydrogens (primary N) is 1. The van der Waals surface area contributed by atoms with Gasteiger partial charge in [0.05, 0.1) is 0 Å². The topological polar surface area (TPSA) is 38.9 Å². The van der Waals surface area contributed by atoms with Gasteiger partial charge >= 0.3 is 0 Å². The van der Waals surface area contributed by atoms with Gasteiger partial charge < -0.3 is 5.73 Å². The third kappa shape index (κ3) is 3.55. The molecule has 0 amide bonds. The van der Waals surface area contributed by atoms with Gasteiger partial charge in [0.15, 0.2) is 0 Å². The fourth-order valence-corrected chi connectivity index (χ4v) is 2.91. The van der Waals surface area contributed by atoms with Crippen LogP contribution < -0.4 is 5.73 Å². The largest absolute Gasteiger partial charge is 0.327 e. The fraction of sp³-hybridized carbons (Fsp3) is 0.688. The van der Waals surface area contributed by atoms with Crippen LogP contribution >= 0.6 is 0 Å². The molecule has 1 aliphatic carbocycles. The van der Waals surface area contributed by atoms with E-state index in [9.17, 15) is 0 Å². The Morgan fingerprint density at radius 2 is 2.00 bits per heavy atom. The van der Waals surface area contributed by atoms with Crippen molar-refractivity contribution in [1.29, 1.82) is 0 Å². The van der Waals surface area contributed by atoms with Crippen LogP contribution in [0.2, 0.25) is 0 Å². The summed E-state index contributed by atoms with van der Waals surface area (Å²) in [5.41, 5.74) is 8.81. The highest BCUT2D eigenvalue weighted by Crippen LogP contribution is 2.30. The molecule has 1 unspecified atom stereocenters. The SMILES string of the molecule is CCc1ccc(CC(N)C2CCC(C)CC2)nc1. The van der Waals surface area contributed by atoms with Crippen molar-refractivity contribution in [2.45, 2.75) is 58.4 Å². The maximum absolute atomic E-state index is 6.36. The van der Waals surface area contributed by atoms with E-state index in [2.05, 4.69) is 31.0 Å². The van der Waals surface area contributed by atoms with Gasteiger partial charge in [-0.1, -0.05) is 32.8 Å². The maximum atomic E-state index is 6.36. The van der Waals surface area contributed by atoms with Crippen molar-refractivity contribution in [3.63, 3.8) is 0 Å². The van der Waals surface area contributed by atoms with E-state index < -0.39 is 0 Å². The highest BCUT2D eigenvalue weighted by atomic mass is 14.7. The lowest BCUT2D eigenvalue weighted by molar-refractivity contribution is 0.253. The lowest BCUT2D eigenvalue weighted by Crippen LogP contribution is -2.34. The minimum atomic E-state index is 0.289. The second-order valence-electron chi connectivity index (χ2n) is 5.90. The molecule has 2 heteroatoms. The molecule has 1 aromatic rings. The van der Waals surface area contributed by atoms with Gasteiger partial charge in [-0.05, 0) is 42.7 Å². The molecule has 0 spiro atoms. The Labute approximate surface area is 111 Å². The normalized spacial score (nSPS) is 25.9. The van der Waals surface area contributed by atoms with Crippen LogP contribution in [0, 0.1) is 11.8 Å². The van der Waals surface area contributed by atoms with E-state index in [1.165, 1.54) is 31.2 Å². The van der Waals surface area contributed by atoms with Gasteiger partial charge in [0.25, 0.3) is 0 Å². The second kappa shape index (κ2) is 6.33. The average Bonchev–Trinajstić information content (AvgIpc) is 2.40. The standard InChI is InChI=1S/C16H26N2/c1-3-13-6-9-15(18-11-13)10-16(17)14-7-4-12(2)5-8-14/h6,9,11-12,14,16H,3-5,7-8,10,17H2,1-2H3. The number of hydrogen-bond donors (Lipinski definition) is 1. The smallest absolute Gasteiger partial charge is 0.0419 e. The van der Waals surface area contributed by atoms with Crippen LogP contribution in [0.5, 0.6) is 0 Å². The highest BCUT2D eigenvalue weighted by molar-refractivity contribution is 5.14. The zero-order valence-corrected chi connectivity index (χ0v) is 11.7. The number of rotatable bonds is 4. The van der Waals surface area contributed by atoms with Crippen LogP contribution in [0.25, 0.3) is 0 Å². The van der Waals surface area contributed by atoms with Crippen LogP contribution in [0.4, 0.5) is 0 Å². The van der Waals surface area contributed by atoms with E-state index >= 15 is 0 Å². The Hall–Kier alpha value is -0.890. The lowest BCUT2D eigenvalue weighted by atomic mass is 9.78. The molecule has 1 heterocycles. The van der Waals surface area contributed by atoms with Crippen molar-refractivity contribution in [3.8, 4) is 0 Å². The number of nitrogens with zero attached hydrogens (tertiary/aromatic N) is 1. The van der Waals surface area contributed by atoms with Gasteiger partial charge in [0, 0.05) is 24.4 Å². The molecule has 1 aromatic heterocycles. The van der Waals surface area contributed by atoms with Crippen LogP contribution in [0.3, 0.4) is 0 Å². The predicted octanol–water partition coefficient (Wildman–Crippen LogP) is 3.34. The summed E-state index contributed by atoms with van der Waals surface area (Å²) in [6, 6.07) is 4.61. The summed E-state index contributed by atoms with van der Waals surface area (Å²) in [6.45, 7) is 4.51. The Morgan fingerprint density at radius 1 is 1.28 bits per heavy atom. The van der Waals surface area contributed by atoms with Gasteiger partial charge in [0.1, 0.15) is 0 Å². The summed E-state index contributed by atoms with van der Waals surface area (Å²) < 4.78 is 0. The molecule has 1 atom stereocenters. The van der Waals surface area contributed by atoms with Gasteiger partial charge in [-0.25, -0.2) is 0 Å². The van der Waals surface area contributed by atoms with E-state index in [1.54, 1.807) is 0 Å². The van der Waals surface area contributed by atoms with E-state index in [-0.39, 0.29) is 6.04 Å². The first-order chi connectivity index (χ1) is 8.69. The Balaban J connectivity index is 1.87. The second-order valence-corrected chi connectivity index (χ2v) is 5.90. The Kier molecular flexibility index (Phi) is 4.76. The van der Waals surface area contributed by atoms with Crippen molar-refractivity contribution in [2.75, 3.05) is 0 Å². The molecule has 100 valence electrons. The first-order valence-electron chi connectivity index (χ1n) is 7.38. The van der Waals surface area contributed by atoms with E-state index in [4.69, 9.17) is 5.73 Å². The summed E-state index contributed by atoms with van der Waals surface area (Å²) in [5.74, 6) is 1.60. The van der Waals surface area contributed by atoms with Gasteiger partial charge in [-0.15, -0.1) is 0 Å². The first kappa shape index (κ1) is 13.5. The van der Waals surface area contributed by atoms with Crippen LogP contribution in [0.15, 0.2) is 18.3 Å². The lowest BCUT2D eigenvalue weighted by Gasteiger charge is -2.30. The molecule has 0 saturated heterocycles. The molecule has 1 saturated carbocycles. The Bertz CT molecular complexity index is 350. The molecule has 1 aliphatic rings. The maximum Gasteiger partial charge on any atom is 0.0419 e. The molecular formula is C16H26N2. The molecule has 2 rings (SSSR count). The fourth-order valence-electron chi connectivity index (χ4n) is 2.91. The summed E-state index contributed by atoms with van der Waals surface area (Å²) in [5, 5.41) is 0. The number of pyridine rings is 1. The van der Waals surface area contributed by atoms with Crippen molar-refractivity contribution in [1.82, 2.24) is 4.98 Å². The van der Waals surface area contributed by atoms with Crippen molar-refractivity contribution in [2.24, 2.45) is 17.6 Å². The number of aromatic nitrogens is 1. The summed E-state index contributed by atoms with van der Waals surface area (Å²) >= 11 is 0. The minimum Gasteiger partial charge on any atom is -0.327 e. The Morgan fingerprint density at radius 3 is 2.56 bits per heavy atom. The van der Waals surface area contributed by atoms with Crippen LogP contribution in [-0.4, -0.2) is 11.0 Å². The molecular weight excluding hydrogens is 220 g/mol. The number of hydrogen-bond acceptors (Lipinski definition) is 2. The number of aryl methyl sites for hydroxylation is 1. The predicted molar refractivity (Wildman–Crippen MR) is 76.4 cm³/mol. The van der Waals surface area contributed by atoms with Gasteiger partial charge in [-0.3, -0.25) is 4.98 Å². The molecule has 2 N–H and O–H groups in total. The van der Waals surface area contributed by atoms with Crippen molar-refractivity contribution < 1.29 is 0 Å². The van der Waals surface area contributed by atoms with Gasteiger partial charge in [-0.2, -0.15) is 0 Å². The zero-order chi connectivity index (χ0) is 13.0. The average molecular weight is 246 g/mol. The molecule has 0 aliphatic heterocycles. The molecule has 0 aromatic carbocycles. The zero-order valence-electron chi connectivity index (χ0n) is 11.7.